The number of thiophene rings is 1. The molecule has 0 aliphatic heterocycles. The molecule has 114 valence electrons. The minimum absolute atomic E-state index is 0. The molecule has 0 fully saturated rings. The molecule has 2 heterocycles. The Morgan fingerprint density at radius 2 is 2.19 bits per heavy atom. The van der Waals surface area contributed by atoms with Crippen molar-refractivity contribution in [2.45, 2.75) is 45.6 Å². The van der Waals surface area contributed by atoms with Crippen LogP contribution in [-0.2, 0) is 0 Å². The van der Waals surface area contributed by atoms with Gasteiger partial charge in [-0.2, -0.15) is 4.57 Å². The van der Waals surface area contributed by atoms with E-state index in [1.807, 2.05) is 0 Å². The number of allylic oxidation sites excluding steroid dienone is 3. The van der Waals surface area contributed by atoms with E-state index < -0.39 is 0 Å². The Kier molecular flexibility index (Phi) is 8.19. The average Bonchev–Trinajstić information content (AvgIpc) is 2.95. The number of hydrogen-bond acceptors (Lipinski definition) is 1. The highest BCUT2D eigenvalue weighted by atomic mass is 127. The highest BCUT2D eigenvalue weighted by molar-refractivity contribution is 7.16. The van der Waals surface area contributed by atoms with Gasteiger partial charge in [-0.05, 0) is 48.9 Å². The molecule has 0 spiro atoms. The van der Waals surface area contributed by atoms with Crippen molar-refractivity contribution in [1.29, 1.82) is 0 Å². The Morgan fingerprint density at radius 3 is 2.86 bits per heavy atom. The van der Waals surface area contributed by atoms with Crippen LogP contribution in [0.15, 0.2) is 54.1 Å². The van der Waals surface area contributed by atoms with Gasteiger partial charge in [0.15, 0.2) is 12.2 Å². The van der Waals surface area contributed by atoms with Crippen molar-refractivity contribution in [2.75, 3.05) is 0 Å². The van der Waals surface area contributed by atoms with Gasteiger partial charge in [-0.15, -0.1) is 0 Å². The van der Waals surface area contributed by atoms with Crippen LogP contribution in [0.2, 0.25) is 0 Å². The van der Waals surface area contributed by atoms with E-state index in [1.165, 1.54) is 35.1 Å². The molecule has 0 aliphatic rings. The predicted molar refractivity (Wildman–Crippen MR) is 89.2 cm³/mol. The van der Waals surface area contributed by atoms with Gasteiger partial charge in [-0.25, -0.2) is 0 Å². The minimum atomic E-state index is 0. The summed E-state index contributed by atoms with van der Waals surface area (Å²) in [6.07, 6.45) is 11.5. The Hall–Kier alpha value is -0.680. The van der Waals surface area contributed by atoms with Crippen molar-refractivity contribution < 1.29 is 28.5 Å². The second-order valence-electron chi connectivity index (χ2n) is 5.10. The fraction of sp³-hybridized carbons (Fsp3) is 0.389. The molecule has 0 bridgehead atoms. The lowest BCUT2D eigenvalue weighted by molar-refractivity contribution is -0.677. The predicted octanol–water partition coefficient (Wildman–Crippen LogP) is 2.45. The van der Waals surface area contributed by atoms with E-state index in [-0.39, 0.29) is 30.0 Å². The molecule has 2 aromatic rings. The van der Waals surface area contributed by atoms with Gasteiger partial charge in [0.05, 0.1) is 5.39 Å². The van der Waals surface area contributed by atoms with Crippen molar-refractivity contribution >= 4 is 21.6 Å². The zero-order chi connectivity index (χ0) is 14.4. The van der Waals surface area contributed by atoms with Crippen LogP contribution in [-0.4, -0.2) is 0 Å². The summed E-state index contributed by atoms with van der Waals surface area (Å²) in [7, 11) is 0. The van der Waals surface area contributed by atoms with E-state index in [9.17, 15) is 0 Å². The lowest BCUT2D eigenvalue weighted by Crippen LogP contribution is -3.00. The smallest absolute Gasteiger partial charge is 0.269 e. The topological polar surface area (TPSA) is 3.88 Å². The molecule has 0 N–H and O–H groups in total. The summed E-state index contributed by atoms with van der Waals surface area (Å²) in [6, 6.07) is 6.77. The number of rotatable bonds is 7. The number of unbranched alkanes of at least 4 members (excludes halogenated alkanes) is 2. The number of fused-ring (bicyclic) bond motifs is 1. The van der Waals surface area contributed by atoms with Crippen LogP contribution in [0, 0.1) is 0 Å². The van der Waals surface area contributed by atoms with E-state index in [1.54, 1.807) is 11.3 Å². The molecule has 1 unspecified atom stereocenters. The van der Waals surface area contributed by atoms with Gasteiger partial charge in [0.1, 0.15) is 0 Å². The van der Waals surface area contributed by atoms with Crippen molar-refractivity contribution in [1.82, 2.24) is 0 Å². The normalized spacial score (nSPS) is 13.0. The fourth-order valence-electron chi connectivity index (χ4n) is 2.66. The Morgan fingerprint density at radius 1 is 1.38 bits per heavy atom. The molecule has 21 heavy (non-hydrogen) atoms. The zero-order valence-electron chi connectivity index (χ0n) is 12.9. The van der Waals surface area contributed by atoms with Gasteiger partial charge in [0, 0.05) is 6.07 Å². The SMILES string of the molecule is C=CC(C(=CC)CCCCC)[n+]1cccc2ccsc21.[I-]. The lowest BCUT2D eigenvalue weighted by atomic mass is 9.99. The van der Waals surface area contributed by atoms with E-state index in [0.29, 0.717) is 0 Å². The third-order valence-electron chi connectivity index (χ3n) is 3.77. The molecule has 0 saturated carbocycles. The first kappa shape index (κ1) is 18.4. The molecular formula is C18H24INS. The van der Waals surface area contributed by atoms with Gasteiger partial charge >= 0.3 is 0 Å². The van der Waals surface area contributed by atoms with Crippen LogP contribution in [0.25, 0.3) is 10.2 Å². The van der Waals surface area contributed by atoms with Gasteiger partial charge < -0.3 is 24.0 Å². The average molecular weight is 413 g/mol. The molecule has 0 amide bonds. The van der Waals surface area contributed by atoms with Crippen LogP contribution in [0.1, 0.15) is 45.6 Å². The van der Waals surface area contributed by atoms with Crippen LogP contribution in [0.4, 0.5) is 0 Å². The second-order valence-corrected chi connectivity index (χ2v) is 5.99. The first-order valence-corrected chi connectivity index (χ1v) is 8.34. The number of pyridine rings is 1. The van der Waals surface area contributed by atoms with Crippen LogP contribution < -0.4 is 28.5 Å². The monoisotopic (exact) mass is 413 g/mol. The summed E-state index contributed by atoms with van der Waals surface area (Å²) in [5.74, 6) is 0. The standard InChI is InChI=1S/C18H24NS.HI/c1-4-7-8-10-15(5-2)17(6-3)19-13-9-11-16-12-14-20-18(16)19;/h5-6,9,11-14,17H,3-4,7-8,10H2,1-2H3;1H/q+1;/p-1. The van der Waals surface area contributed by atoms with E-state index >= 15 is 0 Å². The van der Waals surface area contributed by atoms with Gasteiger partial charge in [0.25, 0.3) is 4.83 Å². The molecule has 0 aromatic carbocycles. The summed E-state index contributed by atoms with van der Waals surface area (Å²) in [6.45, 7) is 8.47. The van der Waals surface area contributed by atoms with Crippen LogP contribution in [0.5, 0.6) is 0 Å². The van der Waals surface area contributed by atoms with E-state index in [4.69, 9.17) is 0 Å². The highest BCUT2D eigenvalue weighted by Gasteiger charge is 2.22. The summed E-state index contributed by atoms with van der Waals surface area (Å²) < 4.78 is 2.36. The summed E-state index contributed by atoms with van der Waals surface area (Å²) in [5.41, 5.74) is 1.47. The molecule has 0 saturated heterocycles. The molecule has 0 radical (unpaired) electrons. The lowest BCUT2D eigenvalue weighted by Gasteiger charge is -2.13. The van der Waals surface area contributed by atoms with Crippen LogP contribution >= 0.6 is 11.3 Å². The third-order valence-corrected chi connectivity index (χ3v) is 4.72. The van der Waals surface area contributed by atoms with E-state index in [0.717, 1.165) is 6.42 Å². The summed E-state index contributed by atoms with van der Waals surface area (Å²) in [5, 5.41) is 3.47. The number of halogens is 1. The highest BCUT2D eigenvalue weighted by Crippen LogP contribution is 2.24. The van der Waals surface area contributed by atoms with Crippen LogP contribution in [0.3, 0.4) is 0 Å². The molecule has 1 nitrogen and oxygen atoms in total. The Labute approximate surface area is 149 Å². The zero-order valence-corrected chi connectivity index (χ0v) is 15.9. The minimum Gasteiger partial charge on any atom is -1.00 e. The Bertz CT molecular complexity index is 600. The molecule has 2 rings (SSSR count). The van der Waals surface area contributed by atoms with Crippen molar-refractivity contribution in [3.63, 3.8) is 0 Å². The van der Waals surface area contributed by atoms with Gasteiger partial charge in [-0.3, -0.25) is 0 Å². The summed E-state index contributed by atoms with van der Waals surface area (Å²) >= 11 is 1.80. The third kappa shape index (κ3) is 4.39. The van der Waals surface area contributed by atoms with Crippen molar-refractivity contribution in [2.24, 2.45) is 0 Å². The molecule has 1 atom stereocenters. The van der Waals surface area contributed by atoms with Crippen molar-refractivity contribution in [3.05, 3.63) is 54.1 Å². The number of nitrogens with zero attached hydrogens (tertiary/aromatic N) is 1. The second kappa shape index (κ2) is 9.36. The number of hydrogen-bond donors (Lipinski definition) is 0. The van der Waals surface area contributed by atoms with E-state index in [2.05, 4.69) is 66.9 Å². The fourth-order valence-corrected chi connectivity index (χ4v) is 3.57. The molecular weight excluding hydrogens is 389 g/mol. The number of aromatic nitrogens is 1. The van der Waals surface area contributed by atoms with Gasteiger partial charge in [0.2, 0.25) is 0 Å². The maximum absolute atomic E-state index is 4.07. The maximum atomic E-state index is 4.07. The summed E-state index contributed by atoms with van der Waals surface area (Å²) in [4.78, 5) is 1.33. The van der Waals surface area contributed by atoms with Crippen molar-refractivity contribution in [3.8, 4) is 0 Å². The Balaban J connectivity index is 0.00000220. The first-order chi connectivity index (χ1) is 9.81. The molecule has 3 heteroatoms. The molecule has 2 aromatic heterocycles. The van der Waals surface area contributed by atoms with Gasteiger partial charge in [-0.1, -0.05) is 43.8 Å². The quantitative estimate of drug-likeness (QED) is 0.284. The molecule has 0 aliphatic carbocycles. The largest absolute Gasteiger partial charge is 1.00 e. The maximum Gasteiger partial charge on any atom is 0.269 e. The first-order valence-electron chi connectivity index (χ1n) is 7.46.